The number of ether oxygens (including phenoxy) is 1. The number of carboxylic acids is 1. The van der Waals surface area contributed by atoms with Crippen molar-refractivity contribution in [2.45, 2.75) is 24.2 Å². The topological polar surface area (TPSA) is 72.5 Å². The van der Waals surface area contributed by atoms with E-state index in [-0.39, 0.29) is 12.6 Å². The van der Waals surface area contributed by atoms with Crippen molar-refractivity contribution in [3.8, 4) is 0 Å². The second-order valence-corrected chi connectivity index (χ2v) is 4.27. The molecule has 0 amide bonds. The maximum atomic E-state index is 10.6. The van der Waals surface area contributed by atoms with Gasteiger partial charge in [-0.1, -0.05) is 0 Å². The van der Waals surface area contributed by atoms with Crippen molar-refractivity contribution in [2.75, 3.05) is 18.9 Å². The molecule has 0 saturated carbocycles. The summed E-state index contributed by atoms with van der Waals surface area (Å²) in [5.74, 6) is -0.0840. The Balaban J connectivity index is 2.18. The number of aliphatic carboxylic acids is 1. The van der Waals surface area contributed by atoms with E-state index in [1.54, 1.807) is 0 Å². The van der Waals surface area contributed by atoms with Crippen molar-refractivity contribution >= 4 is 17.7 Å². The number of carboxylic acid groups (broad SMARTS) is 1. The highest BCUT2D eigenvalue weighted by Gasteiger charge is 2.21. The summed E-state index contributed by atoms with van der Waals surface area (Å²) in [6, 6.07) is 0. The molecule has 13 heavy (non-hydrogen) atoms. The maximum absolute atomic E-state index is 10.6. The van der Waals surface area contributed by atoms with Gasteiger partial charge in [-0.25, -0.2) is 0 Å². The van der Waals surface area contributed by atoms with E-state index in [0.717, 1.165) is 25.2 Å². The molecule has 0 aromatic carbocycles. The first-order chi connectivity index (χ1) is 6.24. The Morgan fingerprint density at radius 3 is 3.00 bits per heavy atom. The molecule has 0 aromatic rings. The average molecular weight is 205 g/mol. The smallest absolute Gasteiger partial charge is 0.317 e. The minimum absolute atomic E-state index is 0.187. The Bertz CT molecular complexity index is 171. The number of rotatable bonds is 5. The third-order valence-corrected chi connectivity index (χ3v) is 3.36. The van der Waals surface area contributed by atoms with E-state index in [1.165, 1.54) is 11.8 Å². The van der Waals surface area contributed by atoms with Crippen molar-refractivity contribution in [3.63, 3.8) is 0 Å². The summed E-state index contributed by atoms with van der Waals surface area (Å²) in [6.45, 7) is 0.998. The van der Waals surface area contributed by atoms with E-state index in [4.69, 9.17) is 15.6 Å². The fourth-order valence-electron chi connectivity index (χ4n) is 1.24. The predicted octanol–water partition coefficient (Wildman–Crippen LogP) is 0.311. The lowest BCUT2D eigenvalue weighted by Crippen LogP contribution is -2.27. The van der Waals surface area contributed by atoms with E-state index in [1.807, 2.05) is 0 Å². The SMILES string of the molecule is NCC(SCC1CCCO1)C(=O)O. The molecule has 2 atom stereocenters. The fraction of sp³-hybridized carbons (Fsp3) is 0.875. The molecule has 76 valence electrons. The number of nitrogens with two attached hydrogens (primary N) is 1. The van der Waals surface area contributed by atoms with Crippen LogP contribution in [0.3, 0.4) is 0 Å². The van der Waals surface area contributed by atoms with Gasteiger partial charge in [0.1, 0.15) is 5.25 Å². The average Bonchev–Trinajstić information content (AvgIpc) is 2.57. The number of carbonyl (C=O) groups is 1. The van der Waals surface area contributed by atoms with Gasteiger partial charge in [-0.2, -0.15) is 0 Å². The van der Waals surface area contributed by atoms with Gasteiger partial charge in [-0.05, 0) is 12.8 Å². The second kappa shape index (κ2) is 5.47. The van der Waals surface area contributed by atoms with Crippen molar-refractivity contribution < 1.29 is 14.6 Å². The molecular weight excluding hydrogens is 190 g/mol. The number of hydrogen-bond acceptors (Lipinski definition) is 4. The Morgan fingerprint density at radius 1 is 1.77 bits per heavy atom. The molecule has 5 heteroatoms. The maximum Gasteiger partial charge on any atom is 0.317 e. The summed E-state index contributed by atoms with van der Waals surface area (Å²) in [6.07, 6.45) is 2.37. The second-order valence-electron chi connectivity index (χ2n) is 3.03. The molecule has 0 aliphatic carbocycles. The minimum Gasteiger partial charge on any atom is -0.480 e. The van der Waals surface area contributed by atoms with Crippen LogP contribution in [0.15, 0.2) is 0 Å². The standard InChI is InChI=1S/C8H15NO3S/c9-4-7(8(10)11)13-5-6-2-1-3-12-6/h6-7H,1-5,9H2,(H,10,11). The van der Waals surface area contributed by atoms with Gasteiger partial charge in [-0.3, -0.25) is 4.79 Å². The third-order valence-electron chi connectivity index (χ3n) is 2.00. The lowest BCUT2D eigenvalue weighted by atomic mass is 10.3. The van der Waals surface area contributed by atoms with Gasteiger partial charge >= 0.3 is 5.97 Å². The van der Waals surface area contributed by atoms with Gasteiger partial charge in [0, 0.05) is 18.9 Å². The summed E-state index contributed by atoms with van der Waals surface area (Å²) in [4.78, 5) is 10.6. The molecule has 0 spiro atoms. The molecule has 1 aliphatic heterocycles. The monoisotopic (exact) mass is 205 g/mol. The molecule has 0 radical (unpaired) electrons. The molecule has 1 aliphatic rings. The normalized spacial score (nSPS) is 24.5. The number of hydrogen-bond donors (Lipinski definition) is 2. The highest BCUT2D eigenvalue weighted by atomic mass is 32.2. The largest absolute Gasteiger partial charge is 0.480 e. The van der Waals surface area contributed by atoms with Crippen LogP contribution in [0.25, 0.3) is 0 Å². The zero-order valence-corrected chi connectivity index (χ0v) is 8.26. The first-order valence-corrected chi connectivity index (χ1v) is 5.45. The molecule has 1 heterocycles. The van der Waals surface area contributed by atoms with Gasteiger partial charge in [-0.15, -0.1) is 11.8 Å². The Morgan fingerprint density at radius 2 is 2.54 bits per heavy atom. The van der Waals surface area contributed by atoms with Crippen molar-refractivity contribution in [1.82, 2.24) is 0 Å². The van der Waals surface area contributed by atoms with Crippen LogP contribution >= 0.6 is 11.8 Å². The van der Waals surface area contributed by atoms with Crippen LogP contribution < -0.4 is 5.73 Å². The fourth-order valence-corrected chi connectivity index (χ4v) is 2.23. The third kappa shape index (κ3) is 3.54. The van der Waals surface area contributed by atoms with Crippen LogP contribution in [0.4, 0.5) is 0 Å². The first kappa shape index (κ1) is 10.8. The van der Waals surface area contributed by atoms with Gasteiger partial charge in [0.2, 0.25) is 0 Å². The molecular formula is C8H15NO3S. The molecule has 1 saturated heterocycles. The van der Waals surface area contributed by atoms with Gasteiger partial charge in [0.05, 0.1) is 6.10 Å². The Hall–Kier alpha value is -0.260. The van der Waals surface area contributed by atoms with Crippen LogP contribution in [-0.2, 0) is 9.53 Å². The molecule has 4 nitrogen and oxygen atoms in total. The van der Waals surface area contributed by atoms with E-state index >= 15 is 0 Å². The van der Waals surface area contributed by atoms with Gasteiger partial charge in [0.15, 0.2) is 0 Å². The lowest BCUT2D eigenvalue weighted by molar-refractivity contribution is -0.136. The number of thioether (sulfide) groups is 1. The molecule has 2 unspecified atom stereocenters. The lowest BCUT2D eigenvalue weighted by Gasteiger charge is -2.12. The highest BCUT2D eigenvalue weighted by Crippen LogP contribution is 2.19. The van der Waals surface area contributed by atoms with Crippen molar-refractivity contribution in [2.24, 2.45) is 5.73 Å². The van der Waals surface area contributed by atoms with Crippen LogP contribution in [-0.4, -0.2) is 41.3 Å². The van der Waals surface area contributed by atoms with E-state index in [0.29, 0.717) is 0 Å². The quantitative estimate of drug-likeness (QED) is 0.676. The molecule has 0 bridgehead atoms. The first-order valence-electron chi connectivity index (χ1n) is 4.40. The zero-order chi connectivity index (χ0) is 9.68. The van der Waals surface area contributed by atoms with E-state index in [2.05, 4.69) is 0 Å². The Labute approximate surface area is 81.8 Å². The zero-order valence-electron chi connectivity index (χ0n) is 7.44. The van der Waals surface area contributed by atoms with Crippen LogP contribution in [0.1, 0.15) is 12.8 Å². The highest BCUT2D eigenvalue weighted by molar-refractivity contribution is 8.00. The summed E-state index contributed by atoms with van der Waals surface area (Å²) < 4.78 is 5.37. The molecule has 3 N–H and O–H groups in total. The summed E-state index contributed by atoms with van der Waals surface area (Å²) >= 11 is 1.38. The van der Waals surface area contributed by atoms with Crippen LogP contribution in [0, 0.1) is 0 Å². The molecule has 0 aromatic heterocycles. The summed E-state index contributed by atoms with van der Waals surface area (Å²) in [7, 11) is 0. The van der Waals surface area contributed by atoms with Gasteiger partial charge in [0.25, 0.3) is 0 Å². The molecule has 1 fully saturated rings. The predicted molar refractivity (Wildman–Crippen MR) is 51.9 cm³/mol. The van der Waals surface area contributed by atoms with E-state index in [9.17, 15) is 4.79 Å². The van der Waals surface area contributed by atoms with Crippen LogP contribution in [0.5, 0.6) is 0 Å². The Kier molecular flexibility index (Phi) is 4.55. The van der Waals surface area contributed by atoms with Crippen molar-refractivity contribution in [1.29, 1.82) is 0 Å². The van der Waals surface area contributed by atoms with E-state index < -0.39 is 11.2 Å². The summed E-state index contributed by atoms with van der Waals surface area (Å²) in [5, 5.41) is 8.22. The van der Waals surface area contributed by atoms with Crippen LogP contribution in [0.2, 0.25) is 0 Å². The molecule has 1 rings (SSSR count). The minimum atomic E-state index is -0.828. The van der Waals surface area contributed by atoms with Gasteiger partial charge < -0.3 is 15.6 Å². The van der Waals surface area contributed by atoms with Crippen molar-refractivity contribution in [3.05, 3.63) is 0 Å². The summed E-state index contributed by atoms with van der Waals surface area (Å²) in [5.41, 5.74) is 5.32.